The number of hydrogen-bond donors (Lipinski definition) is 1. The number of halogens is 1. The quantitative estimate of drug-likeness (QED) is 0.581. The predicted octanol–water partition coefficient (Wildman–Crippen LogP) is 1.58. The molecule has 0 saturated heterocycles. The fraction of sp³-hybridized carbons (Fsp3) is 0.500. The van der Waals surface area contributed by atoms with Crippen LogP contribution in [0.15, 0.2) is 12.3 Å². The molecule has 0 aliphatic carbocycles. The highest BCUT2D eigenvalue weighted by Crippen LogP contribution is 2.05. The predicted molar refractivity (Wildman–Crippen MR) is 52.0 cm³/mol. The van der Waals surface area contributed by atoms with Crippen molar-refractivity contribution < 1.29 is 4.74 Å². The van der Waals surface area contributed by atoms with Crippen LogP contribution in [0.4, 0.5) is 5.95 Å². The number of nitrogens with one attached hydrogen (secondary N) is 1. The molecule has 1 aromatic heterocycles. The molecular weight excluding hydrogens is 190 g/mol. The van der Waals surface area contributed by atoms with E-state index < -0.39 is 0 Å². The van der Waals surface area contributed by atoms with E-state index >= 15 is 0 Å². The lowest BCUT2D eigenvalue weighted by Crippen LogP contribution is -2.07. The zero-order valence-corrected chi connectivity index (χ0v) is 8.21. The number of hydrogen-bond acceptors (Lipinski definition) is 4. The van der Waals surface area contributed by atoms with Crippen molar-refractivity contribution in [3.63, 3.8) is 0 Å². The summed E-state index contributed by atoms with van der Waals surface area (Å²) in [6.45, 7) is 1.52. The topological polar surface area (TPSA) is 47.0 Å². The van der Waals surface area contributed by atoms with Crippen LogP contribution in [0, 0.1) is 0 Å². The lowest BCUT2D eigenvalue weighted by Gasteiger charge is -2.03. The highest BCUT2D eigenvalue weighted by Gasteiger charge is 1.94. The number of ether oxygens (including phenoxy) is 1. The molecule has 0 spiro atoms. The van der Waals surface area contributed by atoms with Crippen LogP contribution in [0.25, 0.3) is 0 Å². The van der Waals surface area contributed by atoms with Gasteiger partial charge in [-0.25, -0.2) is 9.97 Å². The summed E-state index contributed by atoms with van der Waals surface area (Å²) in [6, 6.07) is 1.64. The molecule has 0 radical (unpaired) electrons. The van der Waals surface area contributed by atoms with Gasteiger partial charge < -0.3 is 10.1 Å². The minimum Gasteiger partial charge on any atom is -0.385 e. The summed E-state index contributed by atoms with van der Waals surface area (Å²) >= 11 is 5.67. The first kappa shape index (κ1) is 10.2. The molecule has 0 aromatic carbocycles. The largest absolute Gasteiger partial charge is 0.385 e. The molecule has 0 bridgehead atoms. The van der Waals surface area contributed by atoms with Gasteiger partial charge in [0.15, 0.2) is 0 Å². The molecule has 72 valence electrons. The second kappa shape index (κ2) is 5.72. The van der Waals surface area contributed by atoms with Crippen LogP contribution in [0.5, 0.6) is 0 Å². The lowest BCUT2D eigenvalue weighted by atomic mass is 10.4. The molecule has 1 heterocycles. The van der Waals surface area contributed by atoms with Gasteiger partial charge in [-0.15, -0.1) is 0 Å². The van der Waals surface area contributed by atoms with Crippen LogP contribution in [0.1, 0.15) is 6.42 Å². The summed E-state index contributed by atoms with van der Waals surface area (Å²) in [5, 5.41) is 3.48. The summed E-state index contributed by atoms with van der Waals surface area (Å²) in [6.07, 6.45) is 2.54. The fourth-order valence-corrected chi connectivity index (χ4v) is 0.975. The minimum atomic E-state index is 0.448. The van der Waals surface area contributed by atoms with Crippen LogP contribution in [-0.2, 0) is 4.74 Å². The van der Waals surface area contributed by atoms with Gasteiger partial charge in [-0.05, 0) is 12.5 Å². The van der Waals surface area contributed by atoms with Crippen molar-refractivity contribution in [2.45, 2.75) is 6.42 Å². The zero-order chi connectivity index (χ0) is 9.52. The summed E-state index contributed by atoms with van der Waals surface area (Å²) in [7, 11) is 1.68. The first-order valence-electron chi connectivity index (χ1n) is 4.04. The third-order valence-electron chi connectivity index (χ3n) is 1.43. The third kappa shape index (κ3) is 4.05. The maximum Gasteiger partial charge on any atom is 0.224 e. The van der Waals surface area contributed by atoms with Crippen molar-refractivity contribution in [2.24, 2.45) is 0 Å². The van der Waals surface area contributed by atoms with E-state index in [1.54, 1.807) is 19.4 Å². The van der Waals surface area contributed by atoms with E-state index in [-0.39, 0.29) is 0 Å². The summed E-state index contributed by atoms with van der Waals surface area (Å²) in [5.41, 5.74) is 0. The standard InChI is InChI=1S/C8H12ClN3O/c1-13-6-2-4-10-8-11-5-3-7(9)12-8/h3,5H,2,4,6H2,1H3,(H,10,11,12). The van der Waals surface area contributed by atoms with Crippen molar-refractivity contribution in [1.29, 1.82) is 0 Å². The van der Waals surface area contributed by atoms with Crippen molar-refractivity contribution >= 4 is 17.5 Å². The van der Waals surface area contributed by atoms with Gasteiger partial charge in [-0.3, -0.25) is 0 Å². The third-order valence-corrected chi connectivity index (χ3v) is 1.64. The number of anilines is 1. The van der Waals surface area contributed by atoms with Gasteiger partial charge in [0.2, 0.25) is 5.95 Å². The van der Waals surface area contributed by atoms with Gasteiger partial charge in [0.1, 0.15) is 5.15 Å². The number of methoxy groups -OCH3 is 1. The second-order valence-corrected chi connectivity index (χ2v) is 2.86. The Kier molecular flexibility index (Phi) is 4.49. The smallest absolute Gasteiger partial charge is 0.224 e. The molecule has 0 amide bonds. The van der Waals surface area contributed by atoms with Gasteiger partial charge in [0, 0.05) is 26.5 Å². The summed E-state index contributed by atoms with van der Waals surface area (Å²) < 4.78 is 4.90. The molecule has 13 heavy (non-hydrogen) atoms. The zero-order valence-electron chi connectivity index (χ0n) is 7.46. The van der Waals surface area contributed by atoms with Gasteiger partial charge in [-0.1, -0.05) is 11.6 Å². The Morgan fingerprint density at radius 2 is 2.46 bits per heavy atom. The van der Waals surface area contributed by atoms with Gasteiger partial charge in [0.05, 0.1) is 0 Å². The van der Waals surface area contributed by atoms with Crippen molar-refractivity contribution in [1.82, 2.24) is 9.97 Å². The number of aromatic nitrogens is 2. The molecule has 0 saturated carbocycles. The molecule has 0 unspecified atom stereocenters. The highest BCUT2D eigenvalue weighted by atomic mass is 35.5. The van der Waals surface area contributed by atoms with E-state index in [4.69, 9.17) is 16.3 Å². The van der Waals surface area contributed by atoms with E-state index in [0.717, 1.165) is 19.6 Å². The minimum absolute atomic E-state index is 0.448. The molecular formula is C8H12ClN3O. The Morgan fingerprint density at radius 1 is 1.62 bits per heavy atom. The first-order valence-corrected chi connectivity index (χ1v) is 4.42. The maximum absolute atomic E-state index is 5.67. The van der Waals surface area contributed by atoms with Crippen molar-refractivity contribution in [3.05, 3.63) is 17.4 Å². The molecule has 0 aliphatic rings. The normalized spacial score (nSPS) is 10.0. The Balaban J connectivity index is 2.28. The van der Waals surface area contributed by atoms with E-state index in [0.29, 0.717) is 11.1 Å². The Morgan fingerprint density at radius 3 is 3.15 bits per heavy atom. The summed E-state index contributed by atoms with van der Waals surface area (Å²) in [5.74, 6) is 0.559. The average Bonchev–Trinajstić information content (AvgIpc) is 2.13. The van der Waals surface area contributed by atoms with Crippen LogP contribution >= 0.6 is 11.6 Å². The molecule has 0 fully saturated rings. The summed E-state index contributed by atoms with van der Waals surface area (Å²) in [4.78, 5) is 7.96. The fourth-order valence-electron chi connectivity index (χ4n) is 0.839. The molecule has 1 rings (SSSR count). The number of nitrogens with zero attached hydrogens (tertiary/aromatic N) is 2. The van der Waals surface area contributed by atoms with E-state index in [1.165, 1.54) is 0 Å². The molecule has 1 aromatic rings. The van der Waals surface area contributed by atoms with Gasteiger partial charge >= 0.3 is 0 Å². The van der Waals surface area contributed by atoms with E-state index in [2.05, 4.69) is 15.3 Å². The molecule has 5 heteroatoms. The monoisotopic (exact) mass is 201 g/mol. The molecule has 0 aliphatic heterocycles. The van der Waals surface area contributed by atoms with E-state index in [9.17, 15) is 0 Å². The Hall–Kier alpha value is -0.870. The highest BCUT2D eigenvalue weighted by molar-refractivity contribution is 6.29. The van der Waals surface area contributed by atoms with Gasteiger partial charge in [0.25, 0.3) is 0 Å². The van der Waals surface area contributed by atoms with Crippen LogP contribution in [0.3, 0.4) is 0 Å². The molecule has 4 nitrogen and oxygen atoms in total. The van der Waals surface area contributed by atoms with Gasteiger partial charge in [-0.2, -0.15) is 0 Å². The Bertz CT molecular complexity index is 257. The van der Waals surface area contributed by atoms with Crippen molar-refractivity contribution in [3.8, 4) is 0 Å². The Labute approximate surface area is 82.3 Å². The first-order chi connectivity index (χ1) is 6.33. The lowest BCUT2D eigenvalue weighted by molar-refractivity contribution is 0.197. The molecule has 1 N–H and O–H groups in total. The van der Waals surface area contributed by atoms with Crippen molar-refractivity contribution in [2.75, 3.05) is 25.6 Å². The average molecular weight is 202 g/mol. The SMILES string of the molecule is COCCCNc1nccc(Cl)n1. The second-order valence-electron chi connectivity index (χ2n) is 2.48. The van der Waals surface area contributed by atoms with Crippen LogP contribution < -0.4 is 5.32 Å². The maximum atomic E-state index is 5.67. The molecule has 0 atom stereocenters. The number of rotatable bonds is 5. The van der Waals surface area contributed by atoms with E-state index in [1.807, 2.05) is 0 Å². The van der Waals surface area contributed by atoms with Crippen LogP contribution in [0.2, 0.25) is 5.15 Å². The van der Waals surface area contributed by atoms with Crippen LogP contribution in [-0.4, -0.2) is 30.2 Å².